The maximum atomic E-state index is 13.0. The highest BCUT2D eigenvalue weighted by Crippen LogP contribution is 2.43. The molecule has 0 unspecified atom stereocenters. The van der Waals surface area contributed by atoms with Crippen LogP contribution in [0.25, 0.3) is 10.9 Å². The van der Waals surface area contributed by atoms with Gasteiger partial charge in [-0.05, 0) is 29.3 Å². The lowest BCUT2D eigenvalue weighted by atomic mass is 9.86. The first-order valence-corrected chi connectivity index (χ1v) is 9.13. The number of piperazine rings is 1. The van der Waals surface area contributed by atoms with Crippen molar-refractivity contribution >= 4 is 22.7 Å². The molecular weight excluding hydrogens is 358 g/mol. The fourth-order valence-corrected chi connectivity index (χ4v) is 4.46. The number of aromatic amines is 1. The Morgan fingerprint density at radius 2 is 1.86 bits per heavy atom. The number of fused-ring (bicyclic) bond motifs is 4. The summed E-state index contributed by atoms with van der Waals surface area (Å²) >= 11 is 0. The standard InChI is InChI=1S/C21H19N3O4/c1-23-10-18(27)24-15(21(23)28)9-13-12-4-2-3-5-14(12)22-19(13)20(24)11-6-7-16(25)17(26)8-11/h2-8,15,20,22,25-26H,9-10H2,1H3/t15-,20-/m0/s1. The Hall–Kier alpha value is -3.48. The van der Waals surface area contributed by atoms with Crippen LogP contribution in [0.5, 0.6) is 11.5 Å². The fraction of sp³-hybridized carbons (Fsp3) is 0.238. The van der Waals surface area contributed by atoms with E-state index in [4.69, 9.17) is 0 Å². The van der Waals surface area contributed by atoms with Gasteiger partial charge in [0.2, 0.25) is 11.8 Å². The first kappa shape index (κ1) is 16.7. The normalized spacial score (nSPS) is 21.8. The minimum Gasteiger partial charge on any atom is -0.504 e. The Morgan fingerprint density at radius 1 is 1.07 bits per heavy atom. The van der Waals surface area contributed by atoms with Gasteiger partial charge in [0.15, 0.2) is 11.5 Å². The summed E-state index contributed by atoms with van der Waals surface area (Å²) in [6, 6.07) is 11.2. The Bertz CT molecular complexity index is 1140. The van der Waals surface area contributed by atoms with Crippen molar-refractivity contribution in [1.82, 2.24) is 14.8 Å². The first-order valence-electron chi connectivity index (χ1n) is 9.13. The van der Waals surface area contributed by atoms with Crippen LogP contribution in [0.3, 0.4) is 0 Å². The van der Waals surface area contributed by atoms with Gasteiger partial charge in [-0.3, -0.25) is 9.59 Å². The summed E-state index contributed by atoms with van der Waals surface area (Å²) in [6.45, 7) is 0.0193. The van der Waals surface area contributed by atoms with E-state index in [1.807, 2.05) is 24.3 Å². The van der Waals surface area contributed by atoms with Gasteiger partial charge in [-0.2, -0.15) is 0 Å². The van der Waals surface area contributed by atoms with Gasteiger partial charge < -0.3 is 25.0 Å². The van der Waals surface area contributed by atoms with Gasteiger partial charge in [0.25, 0.3) is 0 Å². The van der Waals surface area contributed by atoms with E-state index >= 15 is 0 Å². The Labute approximate surface area is 160 Å². The molecule has 7 nitrogen and oxygen atoms in total. The van der Waals surface area contributed by atoms with Crippen LogP contribution in [-0.2, 0) is 16.0 Å². The van der Waals surface area contributed by atoms with Crippen molar-refractivity contribution in [1.29, 1.82) is 0 Å². The van der Waals surface area contributed by atoms with Crippen LogP contribution in [-0.4, -0.2) is 56.4 Å². The number of benzene rings is 2. The highest BCUT2D eigenvalue weighted by atomic mass is 16.3. The molecule has 2 aromatic carbocycles. The zero-order chi connectivity index (χ0) is 19.6. The molecule has 0 bridgehead atoms. The molecule has 5 rings (SSSR count). The molecule has 1 aromatic heterocycles. The minimum absolute atomic E-state index is 0.0193. The van der Waals surface area contributed by atoms with E-state index in [1.165, 1.54) is 17.0 Å². The third kappa shape index (κ3) is 2.22. The van der Waals surface area contributed by atoms with Crippen molar-refractivity contribution in [3.63, 3.8) is 0 Å². The number of nitrogens with zero attached hydrogens (tertiary/aromatic N) is 2. The van der Waals surface area contributed by atoms with Gasteiger partial charge in [0.05, 0.1) is 12.6 Å². The Kier molecular flexibility index (Phi) is 3.43. The van der Waals surface area contributed by atoms with Crippen LogP contribution in [0.1, 0.15) is 22.9 Å². The molecule has 2 amide bonds. The zero-order valence-electron chi connectivity index (χ0n) is 15.2. The average Bonchev–Trinajstić information content (AvgIpc) is 3.05. The van der Waals surface area contributed by atoms with Crippen molar-refractivity contribution in [3.8, 4) is 11.5 Å². The van der Waals surface area contributed by atoms with E-state index < -0.39 is 12.1 Å². The van der Waals surface area contributed by atoms with Crippen molar-refractivity contribution in [2.75, 3.05) is 13.6 Å². The van der Waals surface area contributed by atoms with Crippen LogP contribution in [0.4, 0.5) is 0 Å². The van der Waals surface area contributed by atoms with Gasteiger partial charge in [0.1, 0.15) is 6.04 Å². The van der Waals surface area contributed by atoms with Gasteiger partial charge in [0, 0.05) is 30.1 Å². The average molecular weight is 377 g/mol. The van der Waals surface area contributed by atoms with Crippen molar-refractivity contribution < 1.29 is 19.8 Å². The summed E-state index contributed by atoms with van der Waals surface area (Å²) in [4.78, 5) is 32.4. The Balaban J connectivity index is 1.77. The first-order chi connectivity index (χ1) is 13.5. The predicted molar refractivity (Wildman–Crippen MR) is 102 cm³/mol. The maximum Gasteiger partial charge on any atom is 0.245 e. The highest BCUT2D eigenvalue weighted by molar-refractivity contribution is 5.97. The number of aromatic nitrogens is 1. The molecule has 0 radical (unpaired) electrons. The van der Waals surface area contributed by atoms with Crippen LogP contribution >= 0.6 is 0 Å². The van der Waals surface area contributed by atoms with E-state index in [9.17, 15) is 19.8 Å². The minimum atomic E-state index is -0.598. The molecule has 0 spiro atoms. The summed E-state index contributed by atoms with van der Waals surface area (Å²) in [6.07, 6.45) is 0.439. The van der Waals surface area contributed by atoms with E-state index in [-0.39, 0.29) is 29.9 Å². The number of likely N-dealkylation sites (N-methyl/N-ethyl adjacent to an activating group) is 1. The number of carbonyl (C=O) groups is 2. The van der Waals surface area contributed by atoms with Gasteiger partial charge >= 0.3 is 0 Å². The number of H-pyrrole nitrogens is 1. The number of aromatic hydroxyl groups is 2. The second-order valence-corrected chi connectivity index (χ2v) is 7.43. The van der Waals surface area contributed by atoms with Crippen molar-refractivity contribution in [2.45, 2.75) is 18.5 Å². The number of rotatable bonds is 1. The number of hydrogen-bond acceptors (Lipinski definition) is 4. The number of phenolic OH excluding ortho intramolecular Hbond substituents is 2. The summed E-state index contributed by atoms with van der Waals surface area (Å²) < 4.78 is 0. The molecule has 142 valence electrons. The van der Waals surface area contributed by atoms with E-state index in [0.717, 1.165) is 22.2 Å². The van der Waals surface area contributed by atoms with Crippen LogP contribution in [0, 0.1) is 0 Å². The number of amides is 2. The van der Waals surface area contributed by atoms with E-state index in [2.05, 4.69) is 4.98 Å². The van der Waals surface area contributed by atoms with Crippen LogP contribution in [0.15, 0.2) is 42.5 Å². The number of para-hydroxylation sites is 1. The highest BCUT2D eigenvalue weighted by Gasteiger charge is 2.47. The maximum absolute atomic E-state index is 13.0. The third-order valence-corrected chi connectivity index (χ3v) is 5.77. The molecule has 1 fully saturated rings. The lowest BCUT2D eigenvalue weighted by Crippen LogP contribution is -2.62. The molecule has 3 aromatic rings. The molecule has 1 saturated heterocycles. The summed E-state index contributed by atoms with van der Waals surface area (Å²) in [7, 11) is 1.64. The SMILES string of the molecule is CN1CC(=O)N2[C@@H](c3ccc(O)c(O)c3)c3[nH]c4ccccc4c3C[C@H]2C1=O. The van der Waals surface area contributed by atoms with Crippen LogP contribution in [0.2, 0.25) is 0 Å². The lowest BCUT2D eigenvalue weighted by Gasteiger charge is -2.46. The fourth-order valence-electron chi connectivity index (χ4n) is 4.46. The largest absolute Gasteiger partial charge is 0.504 e. The second-order valence-electron chi connectivity index (χ2n) is 7.43. The van der Waals surface area contributed by atoms with Crippen molar-refractivity contribution in [2.24, 2.45) is 0 Å². The molecule has 2 atom stereocenters. The molecular formula is C21H19N3O4. The quantitative estimate of drug-likeness (QED) is 0.564. The molecule has 2 aliphatic heterocycles. The summed E-state index contributed by atoms with van der Waals surface area (Å²) in [5.41, 5.74) is 3.42. The lowest BCUT2D eigenvalue weighted by molar-refractivity contribution is -0.157. The zero-order valence-corrected chi connectivity index (χ0v) is 15.2. The molecule has 7 heteroatoms. The van der Waals surface area contributed by atoms with Gasteiger partial charge in [-0.25, -0.2) is 0 Å². The van der Waals surface area contributed by atoms with E-state index in [1.54, 1.807) is 18.0 Å². The number of carbonyl (C=O) groups excluding carboxylic acids is 2. The monoisotopic (exact) mass is 377 g/mol. The Morgan fingerprint density at radius 3 is 2.64 bits per heavy atom. The third-order valence-electron chi connectivity index (χ3n) is 5.77. The molecule has 3 heterocycles. The van der Waals surface area contributed by atoms with Gasteiger partial charge in [-0.15, -0.1) is 0 Å². The molecule has 28 heavy (non-hydrogen) atoms. The topological polar surface area (TPSA) is 96.9 Å². The predicted octanol–water partition coefficient (Wildman–Crippen LogP) is 1.89. The van der Waals surface area contributed by atoms with Crippen molar-refractivity contribution in [3.05, 3.63) is 59.3 Å². The second kappa shape index (κ2) is 5.76. The molecule has 3 N–H and O–H groups in total. The van der Waals surface area contributed by atoms with E-state index in [0.29, 0.717) is 12.0 Å². The number of hydrogen-bond donors (Lipinski definition) is 3. The summed E-state index contributed by atoms with van der Waals surface area (Å²) in [5.74, 6) is -0.726. The van der Waals surface area contributed by atoms with Gasteiger partial charge in [-0.1, -0.05) is 24.3 Å². The number of nitrogens with one attached hydrogen (secondary N) is 1. The molecule has 0 saturated carbocycles. The number of phenols is 2. The van der Waals surface area contributed by atoms with Crippen LogP contribution < -0.4 is 0 Å². The smallest absolute Gasteiger partial charge is 0.245 e. The summed E-state index contributed by atoms with van der Waals surface area (Å²) in [5, 5.41) is 20.8. The molecule has 0 aliphatic carbocycles. The molecule has 2 aliphatic rings.